The van der Waals surface area contributed by atoms with E-state index in [4.69, 9.17) is 16.3 Å². The molecule has 76 valence electrons. The van der Waals surface area contributed by atoms with Gasteiger partial charge in [-0.3, -0.25) is 4.57 Å². The molecule has 0 aliphatic heterocycles. The Bertz CT molecular complexity index is 614. The molecular formula is C9H5N7. The Morgan fingerprint density at radius 2 is 2.06 bits per heavy atom. The van der Waals surface area contributed by atoms with Crippen LogP contribution in [0.4, 0.5) is 5.95 Å². The van der Waals surface area contributed by atoms with Gasteiger partial charge in [-0.25, -0.2) is 9.97 Å². The van der Waals surface area contributed by atoms with Crippen LogP contribution in [0.1, 0.15) is 11.4 Å². The minimum atomic E-state index is 0.0553. The van der Waals surface area contributed by atoms with Crippen molar-refractivity contribution < 1.29 is 0 Å². The van der Waals surface area contributed by atoms with Crippen LogP contribution in [0.5, 0.6) is 0 Å². The maximum Gasteiger partial charge on any atom is 0.221 e. The van der Waals surface area contributed by atoms with Crippen LogP contribution in [0.25, 0.3) is 5.82 Å². The highest BCUT2D eigenvalue weighted by Gasteiger charge is 2.12. The summed E-state index contributed by atoms with van der Waals surface area (Å²) in [5, 5.41) is 17.6. The van der Waals surface area contributed by atoms with Crippen LogP contribution in [0.2, 0.25) is 0 Å². The first-order valence-electron chi connectivity index (χ1n) is 4.22. The Labute approximate surface area is 90.4 Å². The van der Waals surface area contributed by atoms with Crippen molar-refractivity contribution in [2.75, 3.05) is 5.73 Å². The fourth-order valence-electron chi connectivity index (χ4n) is 1.21. The minimum absolute atomic E-state index is 0.0553. The first kappa shape index (κ1) is 9.62. The number of imidazole rings is 1. The molecule has 0 saturated carbocycles. The molecule has 0 spiro atoms. The molecule has 2 aromatic rings. The normalized spacial score (nSPS) is 9.38. The third-order valence-electron chi connectivity index (χ3n) is 1.89. The molecule has 2 N–H and O–H groups in total. The molecule has 0 radical (unpaired) electrons. The molecule has 0 unspecified atom stereocenters. The van der Waals surface area contributed by atoms with Crippen molar-refractivity contribution in [1.29, 1.82) is 10.5 Å². The van der Waals surface area contributed by atoms with Crippen LogP contribution in [-0.2, 0) is 0 Å². The molecule has 2 heterocycles. The molecule has 0 fully saturated rings. The van der Waals surface area contributed by atoms with Crippen LogP contribution in [0.15, 0.2) is 18.6 Å². The molecule has 7 heteroatoms. The van der Waals surface area contributed by atoms with Crippen molar-refractivity contribution >= 4 is 5.95 Å². The zero-order valence-corrected chi connectivity index (χ0v) is 7.99. The van der Waals surface area contributed by atoms with Crippen LogP contribution >= 0.6 is 0 Å². The van der Waals surface area contributed by atoms with Gasteiger partial charge in [0.15, 0.2) is 11.4 Å². The largest absolute Gasteiger partial charge is 0.368 e. The highest BCUT2D eigenvalue weighted by Crippen LogP contribution is 2.11. The summed E-state index contributed by atoms with van der Waals surface area (Å²) in [5.41, 5.74) is 5.60. The van der Waals surface area contributed by atoms with E-state index in [-0.39, 0.29) is 17.3 Å². The number of hydrogen-bond acceptors (Lipinski definition) is 6. The molecule has 0 amide bonds. The lowest BCUT2D eigenvalue weighted by Gasteiger charge is -2.01. The van der Waals surface area contributed by atoms with Crippen LogP contribution in [0.3, 0.4) is 0 Å². The maximum absolute atomic E-state index is 8.91. The second-order valence-electron chi connectivity index (χ2n) is 2.81. The van der Waals surface area contributed by atoms with Gasteiger partial charge in [0.2, 0.25) is 5.95 Å². The highest BCUT2D eigenvalue weighted by molar-refractivity contribution is 5.42. The quantitative estimate of drug-likeness (QED) is 0.708. The molecule has 0 atom stereocenters. The van der Waals surface area contributed by atoms with Crippen LogP contribution in [-0.4, -0.2) is 19.5 Å². The predicted octanol–water partition coefficient (Wildman–Crippen LogP) is -0.0121. The Kier molecular flexibility index (Phi) is 2.21. The van der Waals surface area contributed by atoms with Crippen LogP contribution in [0, 0.1) is 22.7 Å². The van der Waals surface area contributed by atoms with Gasteiger partial charge in [-0.15, -0.1) is 0 Å². The van der Waals surface area contributed by atoms with Crippen molar-refractivity contribution in [3.8, 4) is 18.0 Å². The number of nitriles is 2. The van der Waals surface area contributed by atoms with Gasteiger partial charge in [0.05, 0.1) is 0 Å². The number of nitrogens with zero attached hydrogens (tertiary/aromatic N) is 6. The summed E-state index contributed by atoms with van der Waals surface area (Å²) >= 11 is 0. The summed E-state index contributed by atoms with van der Waals surface area (Å²) in [5.74, 6) is 0.492. The molecule has 0 aromatic carbocycles. The Balaban J connectivity index is 2.63. The Hall–Kier alpha value is -2.93. The van der Waals surface area contributed by atoms with Crippen molar-refractivity contribution in [2.24, 2.45) is 0 Å². The molecule has 0 bridgehead atoms. The maximum atomic E-state index is 8.91. The topological polar surface area (TPSA) is 117 Å². The van der Waals surface area contributed by atoms with E-state index in [1.165, 1.54) is 17.1 Å². The van der Waals surface area contributed by atoms with Crippen molar-refractivity contribution in [1.82, 2.24) is 19.5 Å². The van der Waals surface area contributed by atoms with E-state index in [1.54, 1.807) is 6.07 Å². The number of aromatic nitrogens is 4. The SMILES string of the molecule is N#Cc1ncn(-c2ccnc(N)n2)c1C#N. The van der Waals surface area contributed by atoms with Gasteiger partial charge in [0.1, 0.15) is 24.3 Å². The standard InChI is InChI=1S/C9H5N7/c10-3-6-7(4-11)16(5-14-6)8-1-2-13-9(12)15-8/h1-2,5H,(H2,12,13,15). The second-order valence-corrected chi connectivity index (χ2v) is 2.81. The molecular weight excluding hydrogens is 206 g/mol. The van der Waals surface area contributed by atoms with Crippen molar-refractivity contribution in [2.45, 2.75) is 0 Å². The first-order valence-corrected chi connectivity index (χ1v) is 4.22. The van der Waals surface area contributed by atoms with Crippen LogP contribution < -0.4 is 5.73 Å². The fraction of sp³-hybridized carbons (Fsp3) is 0. The number of rotatable bonds is 1. The van der Waals surface area contributed by atoms with Gasteiger partial charge >= 0.3 is 0 Å². The minimum Gasteiger partial charge on any atom is -0.368 e. The zero-order chi connectivity index (χ0) is 11.5. The summed E-state index contributed by atoms with van der Waals surface area (Å²) < 4.78 is 1.39. The summed E-state index contributed by atoms with van der Waals surface area (Å²) in [6.07, 6.45) is 2.81. The van der Waals surface area contributed by atoms with E-state index in [2.05, 4.69) is 15.0 Å². The molecule has 2 aromatic heterocycles. The molecule has 16 heavy (non-hydrogen) atoms. The van der Waals surface area contributed by atoms with E-state index in [0.29, 0.717) is 5.82 Å². The summed E-state index contributed by atoms with van der Waals surface area (Å²) in [4.78, 5) is 11.5. The van der Waals surface area contributed by atoms with E-state index in [9.17, 15) is 0 Å². The number of nitrogen functional groups attached to an aromatic ring is 1. The molecule has 0 aliphatic carbocycles. The highest BCUT2D eigenvalue weighted by atomic mass is 15.2. The second kappa shape index (κ2) is 3.67. The summed E-state index contributed by atoms with van der Waals surface area (Å²) in [6, 6.07) is 5.28. The number of hydrogen-bond donors (Lipinski definition) is 1. The third-order valence-corrected chi connectivity index (χ3v) is 1.89. The average Bonchev–Trinajstić information content (AvgIpc) is 2.71. The zero-order valence-electron chi connectivity index (χ0n) is 7.99. The monoisotopic (exact) mass is 211 g/mol. The van der Waals surface area contributed by atoms with Gasteiger partial charge in [-0.2, -0.15) is 15.5 Å². The van der Waals surface area contributed by atoms with Crippen molar-refractivity contribution in [3.63, 3.8) is 0 Å². The summed E-state index contributed by atoms with van der Waals surface area (Å²) in [7, 11) is 0. The third kappa shape index (κ3) is 1.42. The van der Waals surface area contributed by atoms with E-state index < -0.39 is 0 Å². The predicted molar refractivity (Wildman–Crippen MR) is 53.0 cm³/mol. The van der Waals surface area contributed by atoms with Gasteiger partial charge < -0.3 is 5.73 Å². The van der Waals surface area contributed by atoms with Gasteiger partial charge in [0, 0.05) is 6.20 Å². The Morgan fingerprint density at radius 3 is 2.69 bits per heavy atom. The van der Waals surface area contributed by atoms with Gasteiger partial charge in [0.25, 0.3) is 0 Å². The van der Waals surface area contributed by atoms with E-state index in [1.807, 2.05) is 12.1 Å². The van der Waals surface area contributed by atoms with E-state index >= 15 is 0 Å². The van der Waals surface area contributed by atoms with E-state index in [0.717, 1.165) is 0 Å². The van der Waals surface area contributed by atoms with Crippen molar-refractivity contribution in [3.05, 3.63) is 30.0 Å². The molecule has 0 aliphatic rings. The molecule has 0 saturated heterocycles. The molecule has 7 nitrogen and oxygen atoms in total. The lowest BCUT2D eigenvalue weighted by molar-refractivity contribution is 0.963. The first-order chi connectivity index (χ1) is 7.76. The Morgan fingerprint density at radius 1 is 1.25 bits per heavy atom. The fourth-order valence-corrected chi connectivity index (χ4v) is 1.21. The van der Waals surface area contributed by atoms with Gasteiger partial charge in [-0.1, -0.05) is 0 Å². The average molecular weight is 211 g/mol. The number of anilines is 1. The molecule has 2 rings (SSSR count). The van der Waals surface area contributed by atoms with Gasteiger partial charge in [-0.05, 0) is 6.07 Å². The summed E-state index contributed by atoms with van der Waals surface area (Å²) in [6.45, 7) is 0. The lowest BCUT2D eigenvalue weighted by atomic mass is 10.3. The number of nitrogens with two attached hydrogens (primary N) is 1. The smallest absolute Gasteiger partial charge is 0.221 e. The lowest BCUT2D eigenvalue weighted by Crippen LogP contribution is -2.03.